The van der Waals surface area contributed by atoms with Crippen LogP contribution in [0.4, 0.5) is 5.95 Å². The topological polar surface area (TPSA) is 131 Å². The zero-order valence-corrected chi connectivity index (χ0v) is 28.9. The molecule has 1 fully saturated rings. The third-order valence-electron chi connectivity index (χ3n) is 8.55. The molecule has 0 spiro atoms. The van der Waals surface area contributed by atoms with E-state index in [0.717, 1.165) is 36.1 Å². The molecule has 0 saturated carbocycles. The number of carbonyl (C=O) groups is 2. The van der Waals surface area contributed by atoms with Crippen LogP contribution in [0.2, 0.25) is 0 Å². The molecule has 3 aromatic rings. The number of ether oxygens (including phenoxy) is 2. The molecular weight excluding hydrogens is 618 g/mol. The van der Waals surface area contributed by atoms with Gasteiger partial charge in [0.2, 0.25) is 17.7 Å². The zero-order chi connectivity index (χ0) is 33.9. The van der Waals surface area contributed by atoms with Gasteiger partial charge < -0.3 is 19.3 Å². The van der Waals surface area contributed by atoms with E-state index in [2.05, 4.69) is 35.5 Å². The van der Waals surface area contributed by atoms with E-state index < -0.39 is 22.0 Å². The van der Waals surface area contributed by atoms with Gasteiger partial charge in [-0.2, -0.15) is 4.98 Å². The molecule has 1 N–H and O–H groups in total. The number of amides is 2. The van der Waals surface area contributed by atoms with E-state index in [1.165, 1.54) is 23.1 Å². The van der Waals surface area contributed by atoms with Gasteiger partial charge in [0, 0.05) is 37.4 Å². The highest BCUT2D eigenvalue weighted by Crippen LogP contribution is 2.31. The monoisotopic (exact) mass is 663 g/mol. The van der Waals surface area contributed by atoms with Gasteiger partial charge >= 0.3 is 0 Å². The van der Waals surface area contributed by atoms with E-state index in [9.17, 15) is 18.0 Å². The van der Waals surface area contributed by atoms with Crippen molar-refractivity contribution in [1.82, 2.24) is 19.8 Å². The molecule has 1 unspecified atom stereocenters. The summed E-state index contributed by atoms with van der Waals surface area (Å²) >= 11 is 0. The minimum absolute atomic E-state index is 0.0194. The largest absolute Gasteiger partial charge is 0.475 e. The average Bonchev–Trinajstić information content (AvgIpc) is 3.01. The molecule has 2 aliphatic heterocycles. The standard InChI is InChI=1S/C35H45N5O6S/c1-23-10-7-11-24(2)32(23)29-17-30-37-34(36-29)38-47(43,44)28-14-8-13-26(16-28)33(42)40(27(22-46-30)18-35(3,4)5)20-31(41)39(6)19-25-12-9-15-45-21-25/h7-8,10-11,13-14,16-17,25,27H,9,12,15,18-22H2,1-6H3,(H,36,37,38)/t25?,27-/m1/s1. The van der Waals surface area contributed by atoms with Crippen molar-refractivity contribution in [3.05, 3.63) is 65.2 Å². The van der Waals surface area contributed by atoms with Crippen LogP contribution < -0.4 is 9.46 Å². The maximum absolute atomic E-state index is 14.3. The summed E-state index contributed by atoms with van der Waals surface area (Å²) < 4.78 is 41.7. The maximum Gasteiger partial charge on any atom is 0.264 e. The molecule has 12 heteroatoms. The van der Waals surface area contributed by atoms with Gasteiger partial charge in [0.25, 0.3) is 15.9 Å². The summed E-state index contributed by atoms with van der Waals surface area (Å²) in [4.78, 5) is 40.1. The minimum atomic E-state index is -4.20. The normalized spacial score (nSPS) is 19.8. The van der Waals surface area contributed by atoms with Gasteiger partial charge in [-0.3, -0.25) is 9.59 Å². The van der Waals surface area contributed by atoms with Gasteiger partial charge in [0.15, 0.2) is 0 Å². The van der Waals surface area contributed by atoms with Gasteiger partial charge in [0.05, 0.1) is 23.2 Å². The second-order valence-electron chi connectivity index (χ2n) is 13.8. The Labute approximate surface area is 277 Å². The van der Waals surface area contributed by atoms with Crippen molar-refractivity contribution < 1.29 is 27.5 Å². The molecule has 2 amide bonds. The van der Waals surface area contributed by atoms with Crippen LogP contribution in [0, 0.1) is 25.2 Å². The highest BCUT2D eigenvalue weighted by Gasteiger charge is 2.33. The Balaban J connectivity index is 1.58. The summed E-state index contributed by atoms with van der Waals surface area (Å²) in [5, 5.41) is 0. The summed E-state index contributed by atoms with van der Waals surface area (Å²) in [6.45, 7) is 11.8. The smallest absolute Gasteiger partial charge is 0.264 e. The van der Waals surface area contributed by atoms with E-state index >= 15 is 0 Å². The molecular formula is C35H45N5O6S. The predicted octanol–water partition coefficient (Wildman–Crippen LogP) is 5.09. The number of anilines is 1. The first-order chi connectivity index (χ1) is 22.2. The Morgan fingerprint density at radius 2 is 1.79 bits per heavy atom. The number of hydrogen-bond donors (Lipinski definition) is 1. The molecule has 1 saturated heterocycles. The summed E-state index contributed by atoms with van der Waals surface area (Å²) in [5.41, 5.74) is 3.15. The van der Waals surface area contributed by atoms with Gasteiger partial charge in [0.1, 0.15) is 13.2 Å². The van der Waals surface area contributed by atoms with E-state index in [4.69, 9.17) is 9.47 Å². The quantitative estimate of drug-likeness (QED) is 0.386. The van der Waals surface area contributed by atoms with Crippen molar-refractivity contribution >= 4 is 27.8 Å². The fourth-order valence-electron chi connectivity index (χ4n) is 6.25. The molecule has 0 radical (unpaired) electrons. The second-order valence-corrected chi connectivity index (χ2v) is 15.5. The Bertz CT molecular complexity index is 1710. The lowest BCUT2D eigenvalue weighted by molar-refractivity contribution is -0.132. The van der Waals surface area contributed by atoms with E-state index in [1.54, 1.807) is 24.1 Å². The molecule has 1 aromatic heterocycles. The fraction of sp³-hybridized carbons (Fsp3) is 0.486. The number of aromatic nitrogens is 2. The molecule has 2 atom stereocenters. The third-order valence-corrected chi connectivity index (χ3v) is 9.87. The predicted molar refractivity (Wildman–Crippen MR) is 180 cm³/mol. The highest BCUT2D eigenvalue weighted by atomic mass is 32.2. The van der Waals surface area contributed by atoms with Gasteiger partial charge in [-0.15, -0.1) is 0 Å². The number of rotatable bonds is 6. The molecule has 2 aliphatic rings. The summed E-state index contributed by atoms with van der Waals surface area (Å²) in [6, 6.07) is 12.8. The lowest BCUT2D eigenvalue weighted by Gasteiger charge is -2.36. The lowest BCUT2D eigenvalue weighted by Crippen LogP contribution is -2.50. The number of nitrogens with zero attached hydrogens (tertiary/aromatic N) is 4. The first kappa shape index (κ1) is 34.3. The molecule has 0 aliphatic carbocycles. The van der Waals surface area contributed by atoms with Crippen LogP contribution in [-0.2, 0) is 19.6 Å². The Morgan fingerprint density at radius 1 is 1.06 bits per heavy atom. The summed E-state index contributed by atoms with van der Waals surface area (Å²) in [7, 11) is -2.46. The highest BCUT2D eigenvalue weighted by molar-refractivity contribution is 7.92. The van der Waals surface area contributed by atoms with Crippen LogP contribution in [0.1, 0.15) is 61.5 Å². The molecule has 11 nitrogen and oxygen atoms in total. The van der Waals surface area contributed by atoms with Gasteiger partial charge in [-0.25, -0.2) is 18.1 Å². The molecule has 252 valence electrons. The zero-order valence-electron chi connectivity index (χ0n) is 28.1. The van der Waals surface area contributed by atoms with Crippen molar-refractivity contribution in [2.75, 3.05) is 44.7 Å². The minimum Gasteiger partial charge on any atom is -0.475 e. The van der Waals surface area contributed by atoms with Crippen molar-refractivity contribution in [1.29, 1.82) is 0 Å². The number of carbonyl (C=O) groups excluding carboxylic acids is 2. The second kappa shape index (κ2) is 14.0. The van der Waals surface area contributed by atoms with Crippen LogP contribution in [-0.4, -0.2) is 86.0 Å². The molecule has 5 rings (SSSR count). The number of hydrogen-bond acceptors (Lipinski definition) is 8. The van der Waals surface area contributed by atoms with Crippen LogP contribution in [0.25, 0.3) is 11.3 Å². The lowest BCUT2D eigenvalue weighted by atomic mass is 9.87. The number of nitrogens with one attached hydrogen (secondary N) is 1. The van der Waals surface area contributed by atoms with Crippen molar-refractivity contribution in [3.63, 3.8) is 0 Å². The van der Waals surface area contributed by atoms with Crippen molar-refractivity contribution in [2.45, 2.75) is 64.8 Å². The van der Waals surface area contributed by atoms with Crippen LogP contribution in [0.15, 0.2) is 53.4 Å². The van der Waals surface area contributed by atoms with Crippen LogP contribution in [0.5, 0.6) is 5.88 Å². The molecule has 4 bridgehead atoms. The first-order valence-corrected chi connectivity index (χ1v) is 17.5. The summed E-state index contributed by atoms with van der Waals surface area (Å²) in [5.74, 6) is -0.461. The molecule has 2 aromatic carbocycles. The van der Waals surface area contributed by atoms with Crippen molar-refractivity contribution in [2.24, 2.45) is 11.3 Å². The Kier molecular flexibility index (Phi) is 10.2. The third kappa shape index (κ3) is 8.47. The van der Waals surface area contributed by atoms with Gasteiger partial charge in [-0.1, -0.05) is 45.0 Å². The maximum atomic E-state index is 14.3. The van der Waals surface area contributed by atoms with Gasteiger partial charge in [-0.05, 0) is 73.8 Å². The number of aryl methyl sites for hydroxylation is 2. The molecule has 3 heterocycles. The number of likely N-dealkylation sites (N-methyl/N-ethyl adjacent to an activating group) is 1. The van der Waals surface area contributed by atoms with Crippen molar-refractivity contribution in [3.8, 4) is 17.1 Å². The average molecular weight is 664 g/mol. The first-order valence-electron chi connectivity index (χ1n) is 16.0. The summed E-state index contributed by atoms with van der Waals surface area (Å²) in [6.07, 6.45) is 2.43. The number of benzene rings is 2. The number of fused-ring (bicyclic) bond motifs is 4. The van der Waals surface area contributed by atoms with E-state index in [1.807, 2.05) is 32.0 Å². The Hall–Kier alpha value is -4.03. The number of sulfonamides is 1. The fourth-order valence-corrected chi connectivity index (χ4v) is 7.24. The van der Waals surface area contributed by atoms with Crippen LogP contribution in [0.3, 0.4) is 0 Å². The molecule has 47 heavy (non-hydrogen) atoms. The van der Waals surface area contributed by atoms with E-state index in [-0.39, 0.29) is 52.7 Å². The van der Waals surface area contributed by atoms with E-state index in [0.29, 0.717) is 25.3 Å². The SMILES string of the molecule is Cc1cccc(C)c1-c1cc2nc(n1)NS(=O)(=O)c1cccc(c1)C(=O)N(CC(=O)N(C)CC1CCCOC1)[C@H](CC(C)(C)C)CO2. The Morgan fingerprint density at radius 3 is 2.47 bits per heavy atom. The van der Waals surface area contributed by atoms with Crippen LogP contribution >= 0.6 is 0 Å².